The van der Waals surface area contributed by atoms with Crippen molar-refractivity contribution in [1.82, 2.24) is 10.6 Å². The van der Waals surface area contributed by atoms with Crippen LogP contribution in [-0.4, -0.2) is 49.2 Å². The van der Waals surface area contributed by atoms with Gasteiger partial charge in [-0.2, -0.15) is 0 Å². The van der Waals surface area contributed by atoms with Gasteiger partial charge in [-0.25, -0.2) is 0 Å². The lowest BCUT2D eigenvalue weighted by molar-refractivity contribution is -0.142. The summed E-state index contributed by atoms with van der Waals surface area (Å²) in [7, 11) is 0. The van der Waals surface area contributed by atoms with E-state index in [0.717, 1.165) is 5.56 Å². The van der Waals surface area contributed by atoms with E-state index in [1.165, 1.54) is 31.2 Å². The highest BCUT2D eigenvalue weighted by Crippen LogP contribution is 2.13. The molecule has 0 saturated heterocycles. The van der Waals surface area contributed by atoms with E-state index in [4.69, 9.17) is 9.47 Å². The Hall–Kier alpha value is -4.01. The number of ketones is 1. The monoisotopic (exact) mass is 426 g/mol. The molecule has 0 saturated carbocycles. The zero-order valence-corrected chi connectivity index (χ0v) is 17.1. The quantitative estimate of drug-likeness (QED) is 0.350. The molecule has 0 bridgehead atoms. The van der Waals surface area contributed by atoms with Crippen LogP contribution in [0, 0.1) is 6.92 Å². The van der Waals surface area contributed by atoms with Crippen LogP contribution in [-0.2, 0) is 19.1 Å². The van der Waals surface area contributed by atoms with Crippen molar-refractivity contribution in [3.05, 3.63) is 65.2 Å². The van der Waals surface area contributed by atoms with Crippen LogP contribution in [0.2, 0.25) is 0 Å². The van der Waals surface area contributed by atoms with Crippen molar-refractivity contribution in [2.75, 3.05) is 19.7 Å². The van der Waals surface area contributed by atoms with Crippen molar-refractivity contribution in [2.24, 2.45) is 0 Å². The maximum absolute atomic E-state index is 12.0. The van der Waals surface area contributed by atoms with Gasteiger partial charge < -0.3 is 20.1 Å². The number of ether oxygens (including phenoxy) is 2. The fourth-order valence-electron chi connectivity index (χ4n) is 2.36. The average Bonchev–Trinajstić information content (AvgIpc) is 2.75. The summed E-state index contributed by atoms with van der Waals surface area (Å²) in [6, 6.07) is 12.6. The molecule has 0 aliphatic carbocycles. The Morgan fingerprint density at radius 2 is 1.42 bits per heavy atom. The molecule has 2 N–H and O–H groups in total. The van der Waals surface area contributed by atoms with Gasteiger partial charge in [0.15, 0.2) is 12.4 Å². The number of hydrogen-bond donors (Lipinski definition) is 2. The van der Waals surface area contributed by atoms with Gasteiger partial charge in [-0.05, 0) is 43.3 Å². The molecule has 162 valence electrons. The molecule has 9 nitrogen and oxygen atoms in total. The minimum Gasteiger partial charge on any atom is -0.456 e. The molecule has 2 aromatic carbocycles. The lowest BCUT2D eigenvalue weighted by Gasteiger charge is -2.08. The van der Waals surface area contributed by atoms with E-state index in [2.05, 4.69) is 10.6 Å². The third-order valence-electron chi connectivity index (χ3n) is 3.96. The molecular weight excluding hydrogens is 404 g/mol. The highest BCUT2D eigenvalue weighted by atomic mass is 16.5. The van der Waals surface area contributed by atoms with Crippen molar-refractivity contribution in [1.29, 1.82) is 0 Å². The number of hydrogen-bond acceptors (Lipinski definition) is 7. The zero-order valence-electron chi connectivity index (χ0n) is 17.1. The number of aryl methyl sites for hydroxylation is 1. The third kappa shape index (κ3) is 8.09. The molecule has 0 aliphatic rings. The molecule has 2 rings (SSSR count). The van der Waals surface area contributed by atoms with Gasteiger partial charge in [0.2, 0.25) is 5.91 Å². The molecule has 2 aromatic rings. The summed E-state index contributed by atoms with van der Waals surface area (Å²) in [5.41, 5.74) is 1.69. The normalized spacial score (nSPS) is 10.0. The largest absolute Gasteiger partial charge is 0.456 e. The molecule has 9 heteroatoms. The Kier molecular flexibility index (Phi) is 8.44. The van der Waals surface area contributed by atoms with E-state index in [9.17, 15) is 24.0 Å². The first kappa shape index (κ1) is 23.3. The van der Waals surface area contributed by atoms with Gasteiger partial charge in [-0.1, -0.05) is 17.7 Å². The van der Waals surface area contributed by atoms with Crippen molar-refractivity contribution in [2.45, 2.75) is 13.8 Å². The summed E-state index contributed by atoms with van der Waals surface area (Å²) in [5.74, 6) is -2.45. The first-order valence-electron chi connectivity index (χ1n) is 9.33. The Bertz CT molecular complexity index is 966. The van der Waals surface area contributed by atoms with Crippen LogP contribution in [0.1, 0.15) is 33.2 Å². The van der Waals surface area contributed by atoms with Crippen LogP contribution < -0.4 is 15.4 Å². The van der Waals surface area contributed by atoms with Crippen molar-refractivity contribution >= 4 is 29.5 Å². The summed E-state index contributed by atoms with van der Waals surface area (Å²) in [6.07, 6.45) is 0. The minimum absolute atomic E-state index is 0.270. The van der Waals surface area contributed by atoms with Gasteiger partial charge in [0.05, 0.1) is 6.54 Å². The standard InChI is InChI=1S/C22H22N2O7/c1-14-3-5-17(6-4-14)22(29)24-11-20(27)23-12-21(28)30-13-19(26)16-7-9-18(10-8-16)31-15(2)25/h3-10H,11-13H2,1-2H3,(H,23,27)(H,24,29). The van der Waals surface area contributed by atoms with Gasteiger partial charge >= 0.3 is 11.9 Å². The van der Waals surface area contributed by atoms with Crippen LogP contribution >= 0.6 is 0 Å². The Morgan fingerprint density at radius 3 is 2.03 bits per heavy atom. The van der Waals surface area contributed by atoms with Crippen LogP contribution in [0.25, 0.3) is 0 Å². The van der Waals surface area contributed by atoms with E-state index < -0.39 is 42.7 Å². The number of benzene rings is 2. The fraction of sp³-hybridized carbons (Fsp3) is 0.227. The van der Waals surface area contributed by atoms with E-state index >= 15 is 0 Å². The van der Waals surface area contributed by atoms with Crippen molar-refractivity contribution < 1.29 is 33.4 Å². The molecule has 31 heavy (non-hydrogen) atoms. The first-order valence-corrected chi connectivity index (χ1v) is 9.33. The predicted molar refractivity (Wildman–Crippen MR) is 110 cm³/mol. The van der Waals surface area contributed by atoms with Gasteiger partial charge in [0.25, 0.3) is 5.91 Å². The molecule has 0 aliphatic heterocycles. The SMILES string of the molecule is CC(=O)Oc1ccc(C(=O)COC(=O)CNC(=O)CNC(=O)c2ccc(C)cc2)cc1. The highest BCUT2D eigenvalue weighted by Gasteiger charge is 2.13. The molecule has 0 spiro atoms. The Morgan fingerprint density at radius 1 is 0.806 bits per heavy atom. The molecule has 0 heterocycles. The number of Topliss-reactive ketones (excluding diaryl/α,β-unsaturated/α-hetero) is 1. The van der Waals surface area contributed by atoms with E-state index in [1.807, 2.05) is 6.92 Å². The van der Waals surface area contributed by atoms with Gasteiger partial charge in [-0.15, -0.1) is 0 Å². The van der Waals surface area contributed by atoms with Gasteiger partial charge in [0.1, 0.15) is 12.3 Å². The lowest BCUT2D eigenvalue weighted by Crippen LogP contribution is -2.39. The zero-order chi connectivity index (χ0) is 22.8. The summed E-state index contributed by atoms with van der Waals surface area (Å²) in [5, 5.41) is 4.74. The van der Waals surface area contributed by atoms with Crippen molar-refractivity contribution in [3.63, 3.8) is 0 Å². The smallest absolute Gasteiger partial charge is 0.325 e. The Balaban J connectivity index is 1.68. The summed E-state index contributed by atoms with van der Waals surface area (Å²) < 4.78 is 9.70. The van der Waals surface area contributed by atoms with Crippen LogP contribution in [0.5, 0.6) is 5.75 Å². The second kappa shape index (κ2) is 11.2. The maximum Gasteiger partial charge on any atom is 0.325 e. The summed E-state index contributed by atoms with van der Waals surface area (Å²) in [6.45, 7) is 1.88. The van der Waals surface area contributed by atoms with Gasteiger partial charge in [0, 0.05) is 18.1 Å². The predicted octanol–water partition coefficient (Wildman–Crippen LogP) is 1.19. The van der Waals surface area contributed by atoms with E-state index in [0.29, 0.717) is 11.3 Å². The number of esters is 2. The molecule has 2 amide bonds. The summed E-state index contributed by atoms with van der Waals surface area (Å²) >= 11 is 0. The number of amides is 2. The molecular formula is C22H22N2O7. The lowest BCUT2D eigenvalue weighted by atomic mass is 10.1. The fourth-order valence-corrected chi connectivity index (χ4v) is 2.36. The molecule has 0 unspecified atom stereocenters. The maximum atomic E-state index is 12.0. The third-order valence-corrected chi connectivity index (χ3v) is 3.96. The number of rotatable bonds is 9. The second-order valence-electron chi connectivity index (χ2n) is 6.53. The number of nitrogens with one attached hydrogen (secondary N) is 2. The average molecular weight is 426 g/mol. The molecule has 0 fully saturated rings. The molecule has 0 aromatic heterocycles. The number of carbonyl (C=O) groups excluding carboxylic acids is 5. The highest BCUT2D eigenvalue weighted by molar-refractivity contribution is 5.98. The van der Waals surface area contributed by atoms with Crippen molar-refractivity contribution in [3.8, 4) is 5.75 Å². The molecule has 0 atom stereocenters. The van der Waals surface area contributed by atoms with E-state index in [-0.39, 0.29) is 12.1 Å². The minimum atomic E-state index is -0.803. The van der Waals surface area contributed by atoms with Crippen LogP contribution in [0.15, 0.2) is 48.5 Å². The molecule has 0 radical (unpaired) electrons. The van der Waals surface area contributed by atoms with E-state index in [1.54, 1.807) is 24.3 Å². The summed E-state index contributed by atoms with van der Waals surface area (Å²) in [4.78, 5) is 58.3. The second-order valence-corrected chi connectivity index (χ2v) is 6.53. The topological polar surface area (TPSA) is 128 Å². The van der Waals surface area contributed by atoms with Crippen LogP contribution in [0.4, 0.5) is 0 Å². The Labute approximate surface area is 178 Å². The number of carbonyl (C=O) groups is 5. The first-order chi connectivity index (χ1) is 14.7. The van der Waals surface area contributed by atoms with Crippen LogP contribution in [0.3, 0.4) is 0 Å². The van der Waals surface area contributed by atoms with Gasteiger partial charge in [-0.3, -0.25) is 24.0 Å².